The molecule has 5 nitrogen and oxygen atoms in total. The molecule has 3 aromatic rings. The van der Waals surface area contributed by atoms with Crippen molar-refractivity contribution in [1.82, 2.24) is 0 Å². The summed E-state index contributed by atoms with van der Waals surface area (Å²) in [6.07, 6.45) is 1.89. The van der Waals surface area contributed by atoms with Gasteiger partial charge >= 0.3 is 11.9 Å². The van der Waals surface area contributed by atoms with E-state index in [1.807, 2.05) is 42.5 Å². The van der Waals surface area contributed by atoms with E-state index in [-0.39, 0.29) is 24.0 Å². The van der Waals surface area contributed by atoms with Crippen molar-refractivity contribution < 1.29 is 19.1 Å². The first-order valence-corrected chi connectivity index (χ1v) is 10.7. The van der Waals surface area contributed by atoms with E-state index in [4.69, 9.17) is 9.47 Å². The number of aliphatic imine (C=N–C) groups is 1. The first kappa shape index (κ1) is 20.5. The molecular weight excluding hydrogens is 514 g/mol. The van der Waals surface area contributed by atoms with Gasteiger partial charge in [-0.05, 0) is 72.5 Å². The monoisotopic (exact) mass is 527 g/mol. The zero-order valence-electron chi connectivity index (χ0n) is 15.8. The smallest absolute Gasteiger partial charge is 0.363 e. The van der Waals surface area contributed by atoms with Gasteiger partial charge in [-0.3, -0.25) is 4.79 Å². The van der Waals surface area contributed by atoms with Crippen LogP contribution in [-0.2, 0) is 14.3 Å². The number of hydrogen-bond acceptors (Lipinski definition) is 5. The zero-order valence-corrected chi connectivity index (χ0v) is 19.0. The molecule has 0 unspecified atom stereocenters. The van der Waals surface area contributed by atoms with Crippen LogP contribution in [0.25, 0.3) is 16.8 Å². The molecule has 0 saturated carbocycles. The second-order valence-electron chi connectivity index (χ2n) is 6.50. The van der Waals surface area contributed by atoms with Gasteiger partial charge in [-0.2, -0.15) is 0 Å². The maximum atomic E-state index is 12.4. The summed E-state index contributed by atoms with van der Waals surface area (Å²) < 4.78 is 11.9. The highest BCUT2D eigenvalue weighted by Crippen LogP contribution is 2.36. The number of benzene rings is 3. The Balaban J connectivity index is 1.70. The van der Waals surface area contributed by atoms with Crippen LogP contribution < -0.4 is 4.74 Å². The van der Waals surface area contributed by atoms with Gasteiger partial charge in [0.2, 0.25) is 5.90 Å². The lowest BCUT2D eigenvalue weighted by atomic mass is 10.0. The molecule has 1 heterocycles. The number of rotatable bonds is 4. The molecule has 4 rings (SSSR count). The molecule has 30 heavy (non-hydrogen) atoms. The van der Waals surface area contributed by atoms with Crippen molar-refractivity contribution in [2.75, 3.05) is 0 Å². The molecule has 0 aliphatic carbocycles. The Hall–Kier alpha value is -2.77. The molecule has 1 aliphatic rings. The summed E-state index contributed by atoms with van der Waals surface area (Å²) in [4.78, 5) is 28.4. The predicted octanol–water partition coefficient (Wildman–Crippen LogP) is 6.02. The van der Waals surface area contributed by atoms with Crippen LogP contribution in [0.2, 0.25) is 0 Å². The fourth-order valence-corrected chi connectivity index (χ4v) is 4.42. The molecule has 0 bridgehead atoms. The highest BCUT2D eigenvalue weighted by atomic mass is 79.9. The molecule has 3 aromatic carbocycles. The number of fused-ring (bicyclic) bond motifs is 1. The molecule has 0 atom stereocenters. The molecule has 7 heteroatoms. The molecule has 0 amide bonds. The third-order valence-electron chi connectivity index (χ3n) is 4.47. The van der Waals surface area contributed by atoms with Gasteiger partial charge in [0.1, 0.15) is 0 Å². The molecule has 0 spiro atoms. The summed E-state index contributed by atoms with van der Waals surface area (Å²) in [6, 6.07) is 17.1. The van der Waals surface area contributed by atoms with Crippen LogP contribution in [0.15, 0.2) is 74.2 Å². The SMILES string of the molecule is CCC(=O)Oc1c(Br)cc(/C=C2\N=C(c3cccc4ccccc34)OC2=O)cc1Br. The Morgan fingerprint density at radius 3 is 2.53 bits per heavy atom. The lowest BCUT2D eigenvalue weighted by Gasteiger charge is -2.09. The van der Waals surface area contributed by atoms with Crippen molar-refractivity contribution >= 4 is 66.5 Å². The van der Waals surface area contributed by atoms with E-state index in [9.17, 15) is 9.59 Å². The van der Waals surface area contributed by atoms with Crippen LogP contribution in [0.5, 0.6) is 5.75 Å². The Morgan fingerprint density at radius 1 is 1.10 bits per heavy atom. The Bertz CT molecular complexity index is 1220. The number of cyclic esters (lactones) is 1. The Kier molecular flexibility index (Phi) is 5.83. The number of hydrogen-bond donors (Lipinski definition) is 0. The molecule has 0 N–H and O–H groups in total. The molecule has 0 aromatic heterocycles. The predicted molar refractivity (Wildman–Crippen MR) is 122 cm³/mol. The summed E-state index contributed by atoms with van der Waals surface area (Å²) in [6.45, 7) is 1.72. The van der Waals surface area contributed by atoms with Crippen LogP contribution >= 0.6 is 31.9 Å². The number of esters is 2. The van der Waals surface area contributed by atoms with Gasteiger partial charge in [0.05, 0.1) is 8.95 Å². The van der Waals surface area contributed by atoms with Crippen LogP contribution in [0.4, 0.5) is 0 Å². The maximum Gasteiger partial charge on any atom is 0.363 e. The van der Waals surface area contributed by atoms with Gasteiger partial charge in [0.25, 0.3) is 0 Å². The van der Waals surface area contributed by atoms with E-state index in [2.05, 4.69) is 36.9 Å². The molecule has 150 valence electrons. The quantitative estimate of drug-likeness (QED) is 0.236. The largest absolute Gasteiger partial charge is 0.424 e. The topological polar surface area (TPSA) is 65.0 Å². The second-order valence-corrected chi connectivity index (χ2v) is 8.21. The first-order chi connectivity index (χ1) is 14.5. The highest BCUT2D eigenvalue weighted by molar-refractivity contribution is 9.11. The van der Waals surface area contributed by atoms with Crippen molar-refractivity contribution in [3.63, 3.8) is 0 Å². The molecular formula is C23H15Br2NO4. The van der Waals surface area contributed by atoms with E-state index >= 15 is 0 Å². The number of halogens is 2. The van der Waals surface area contributed by atoms with Crippen LogP contribution in [0.1, 0.15) is 24.5 Å². The average molecular weight is 529 g/mol. The van der Waals surface area contributed by atoms with Crippen LogP contribution in [0, 0.1) is 0 Å². The van der Waals surface area contributed by atoms with E-state index in [0.717, 1.165) is 16.3 Å². The molecule has 0 saturated heterocycles. The van der Waals surface area contributed by atoms with Gasteiger partial charge in [-0.25, -0.2) is 9.79 Å². The van der Waals surface area contributed by atoms with E-state index in [0.29, 0.717) is 20.3 Å². The summed E-state index contributed by atoms with van der Waals surface area (Å²) in [5, 5.41) is 2.00. The second kappa shape index (κ2) is 8.53. The fourth-order valence-electron chi connectivity index (χ4n) is 3.04. The van der Waals surface area contributed by atoms with Crippen LogP contribution in [-0.4, -0.2) is 17.8 Å². The van der Waals surface area contributed by atoms with Gasteiger partial charge < -0.3 is 9.47 Å². The standard InChI is InChI=1S/C23H15Br2NO4/c1-2-20(27)29-21-17(24)10-13(11-18(21)25)12-19-23(28)30-22(26-19)16-9-5-7-14-6-3-4-8-15(14)16/h3-12H,2H2,1H3/b19-12-. The number of nitrogens with zero attached hydrogens (tertiary/aromatic N) is 1. The molecule has 0 fully saturated rings. The van der Waals surface area contributed by atoms with E-state index in [1.165, 1.54) is 0 Å². The van der Waals surface area contributed by atoms with E-state index in [1.54, 1.807) is 25.1 Å². The fraction of sp³-hybridized carbons (Fsp3) is 0.0870. The van der Waals surface area contributed by atoms with Gasteiger partial charge in [0.15, 0.2) is 11.4 Å². The normalized spacial score (nSPS) is 14.7. The Labute approximate surface area is 189 Å². The minimum Gasteiger partial charge on any atom is -0.424 e. The summed E-state index contributed by atoms with van der Waals surface area (Å²) in [7, 11) is 0. The number of carbonyl (C=O) groups is 2. The minimum atomic E-state index is -0.522. The van der Waals surface area contributed by atoms with Gasteiger partial charge in [0, 0.05) is 12.0 Å². The van der Waals surface area contributed by atoms with E-state index < -0.39 is 5.97 Å². The highest BCUT2D eigenvalue weighted by Gasteiger charge is 2.25. The molecule has 0 radical (unpaired) electrons. The lowest BCUT2D eigenvalue weighted by molar-refractivity contribution is -0.134. The van der Waals surface area contributed by atoms with Crippen molar-refractivity contribution in [3.05, 3.63) is 80.4 Å². The molecule has 1 aliphatic heterocycles. The Morgan fingerprint density at radius 2 is 1.80 bits per heavy atom. The summed E-state index contributed by atoms with van der Waals surface area (Å²) in [5.74, 6) is -0.203. The van der Waals surface area contributed by atoms with Gasteiger partial charge in [-0.1, -0.05) is 43.3 Å². The summed E-state index contributed by atoms with van der Waals surface area (Å²) >= 11 is 6.81. The number of ether oxygens (including phenoxy) is 2. The zero-order chi connectivity index (χ0) is 21.3. The van der Waals surface area contributed by atoms with Gasteiger partial charge in [-0.15, -0.1) is 0 Å². The van der Waals surface area contributed by atoms with Crippen molar-refractivity contribution in [3.8, 4) is 5.75 Å². The summed E-state index contributed by atoms with van der Waals surface area (Å²) in [5.41, 5.74) is 1.64. The first-order valence-electron chi connectivity index (χ1n) is 9.16. The average Bonchev–Trinajstić information content (AvgIpc) is 3.10. The van der Waals surface area contributed by atoms with Crippen LogP contribution in [0.3, 0.4) is 0 Å². The number of carbonyl (C=O) groups excluding carboxylic acids is 2. The van der Waals surface area contributed by atoms with Crippen molar-refractivity contribution in [1.29, 1.82) is 0 Å². The third kappa shape index (κ3) is 4.08. The van der Waals surface area contributed by atoms with Crippen molar-refractivity contribution in [2.45, 2.75) is 13.3 Å². The minimum absolute atomic E-state index is 0.190. The maximum absolute atomic E-state index is 12.4. The lowest BCUT2D eigenvalue weighted by Crippen LogP contribution is -2.06. The third-order valence-corrected chi connectivity index (χ3v) is 5.65. The van der Waals surface area contributed by atoms with Crippen molar-refractivity contribution in [2.24, 2.45) is 4.99 Å².